The molecule has 0 aliphatic carbocycles. The number of anilines is 1. The zero-order valence-corrected chi connectivity index (χ0v) is 9.99. The Hall–Kier alpha value is -1.91. The molecule has 0 aromatic heterocycles. The summed E-state index contributed by atoms with van der Waals surface area (Å²) in [5, 5.41) is 2.64. The van der Waals surface area contributed by atoms with Crippen molar-refractivity contribution in [2.45, 2.75) is 19.3 Å². The maximum atomic E-state index is 12.7. The molecule has 0 saturated carbocycles. The Morgan fingerprint density at radius 1 is 1.28 bits per heavy atom. The second kappa shape index (κ2) is 5.62. The van der Waals surface area contributed by atoms with Gasteiger partial charge in [-0.25, -0.2) is 4.39 Å². The lowest BCUT2D eigenvalue weighted by Gasteiger charge is -2.25. The highest BCUT2D eigenvalue weighted by Crippen LogP contribution is 2.11. The maximum Gasteiger partial charge on any atom is 0.243 e. The first-order chi connectivity index (χ1) is 8.65. The van der Waals surface area contributed by atoms with Crippen LogP contribution in [0.4, 0.5) is 10.1 Å². The highest BCUT2D eigenvalue weighted by atomic mass is 19.1. The zero-order valence-electron chi connectivity index (χ0n) is 9.99. The van der Waals surface area contributed by atoms with Crippen molar-refractivity contribution in [1.29, 1.82) is 0 Å². The van der Waals surface area contributed by atoms with Crippen LogP contribution < -0.4 is 5.32 Å². The number of amides is 2. The number of nitrogens with one attached hydrogen (secondary N) is 1. The van der Waals surface area contributed by atoms with Gasteiger partial charge in [0, 0.05) is 18.7 Å². The van der Waals surface area contributed by atoms with Crippen LogP contribution in [0.15, 0.2) is 24.3 Å². The van der Waals surface area contributed by atoms with Crippen LogP contribution in [0.25, 0.3) is 0 Å². The van der Waals surface area contributed by atoms with Crippen LogP contribution in [0.1, 0.15) is 19.3 Å². The third-order valence-corrected chi connectivity index (χ3v) is 2.88. The molecule has 1 aromatic rings. The van der Waals surface area contributed by atoms with E-state index < -0.39 is 0 Å². The molecule has 1 aromatic carbocycles. The standard InChI is InChI=1S/C13H15FN2O2/c14-10-4-6-11(7-5-10)15-12(17)9-16-8-2-1-3-13(16)18/h4-7H,1-3,8-9H2,(H,15,17). The second-order valence-corrected chi connectivity index (χ2v) is 4.33. The monoisotopic (exact) mass is 250 g/mol. The Bertz CT molecular complexity index is 445. The summed E-state index contributed by atoms with van der Waals surface area (Å²) in [6.07, 6.45) is 2.36. The molecule has 1 N–H and O–H groups in total. The summed E-state index contributed by atoms with van der Waals surface area (Å²) in [6.45, 7) is 0.700. The number of likely N-dealkylation sites (tertiary alicyclic amines) is 1. The molecular formula is C13H15FN2O2. The third-order valence-electron chi connectivity index (χ3n) is 2.88. The molecule has 5 heteroatoms. The molecule has 0 spiro atoms. The molecule has 1 aliphatic rings. The van der Waals surface area contributed by atoms with E-state index in [9.17, 15) is 14.0 Å². The van der Waals surface area contributed by atoms with Gasteiger partial charge in [-0.3, -0.25) is 9.59 Å². The number of benzene rings is 1. The lowest BCUT2D eigenvalue weighted by Crippen LogP contribution is -2.40. The molecule has 2 rings (SSSR count). The normalized spacial score (nSPS) is 15.6. The molecule has 1 heterocycles. The van der Waals surface area contributed by atoms with E-state index >= 15 is 0 Å². The Labute approximate surface area is 105 Å². The minimum atomic E-state index is -0.348. The van der Waals surface area contributed by atoms with Crippen LogP contribution in [0.5, 0.6) is 0 Å². The number of hydrogen-bond donors (Lipinski definition) is 1. The van der Waals surface area contributed by atoms with Gasteiger partial charge in [-0.05, 0) is 37.1 Å². The molecule has 0 bridgehead atoms. The van der Waals surface area contributed by atoms with E-state index in [-0.39, 0.29) is 24.2 Å². The van der Waals surface area contributed by atoms with Gasteiger partial charge in [0.25, 0.3) is 0 Å². The van der Waals surface area contributed by atoms with Crippen molar-refractivity contribution in [3.05, 3.63) is 30.1 Å². The SMILES string of the molecule is O=C(CN1CCCCC1=O)Nc1ccc(F)cc1. The van der Waals surface area contributed by atoms with Gasteiger partial charge in [0.1, 0.15) is 5.82 Å². The maximum absolute atomic E-state index is 12.7. The average molecular weight is 250 g/mol. The van der Waals surface area contributed by atoms with Gasteiger partial charge in [-0.1, -0.05) is 0 Å². The zero-order chi connectivity index (χ0) is 13.0. The minimum Gasteiger partial charge on any atom is -0.333 e. The minimum absolute atomic E-state index is 0.0236. The summed E-state index contributed by atoms with van der Waals surface area (Å²) >= 11 is 0. The highest BCUT2D eigenvalue weighted by molar-refractivity contribution is 5.94. The van der Waals surface area contributed by atoms with Crippen LogP contribution in [-0.4, -0.2) is 29.8 Å². The van der Waals surface area contributed by atoms with Gasteiger partial charge in [0.05, 0.1) is 6.54 Å². The lowest BCUT2D eigenvalue weighted by atomic mass is 10.1. The van der Waals surface area contributed by atoms with Crippen molar-refractivity contribution in [2.24, 2.45) is 0 Å². The Kier molecular flexibility index (Phi) is 3.92. The van der Waals surface area contributed by atoms with Gasteiger partial charge in [0.15, 0.2) is 0 Å². The molecule has 18 heavy (non-hydrogen) atoms. The van der Waals surface area contributed by atoms with Gasteiger partial charge < -0.3 is 10.2 Å². The summed E-state index contributed by atoms with van der Waals surface area (Å²) < 4.78 is 12.7. The van der Waals surface area contributed by atoms with Crippen molar-refractivity contribution in [3.8, 4) is 0 Å². The van der Waals surface area contributed by atoms with E-state index in [1.54, 1.807) is 4.90 Å². The van der Waals surface area contributed by atoms with E-state index in [1.165, 1.54) is 24.3 Å². The summed E-state index contributed by atoms with van der Waals surface area (Å²) in [6, 6.07) is 5.54. The van der Waals surface area contributed by atoms with E-state index in [1.807, 2.05) is 0 Å². The Balaban J connectivity index is 1.88. The lowest BCUT2D eigenvalue weighted by molar-refractivity contribution is -0.136. The number of halogens is 1. The largest absolute Gasteiger partial charge is 0.333 e. The summed E-state index contributed by atoms with van der Waals surface area (Å²) in [7, 11) is 0. The second-order valence-electron chi connectivity index (χ2n) is 4.33. The number of rotatable bonds is 3. The quantitative estimate of drug-likeness (QED) is 0.889. The Morgan fingerprint density at radius 3 is 2.67 bits per heavy atom. The van der Waals surface area contributed by atoms with Crippen LogP contribution in [-0.2, 0) is 9.59 Å². The van der Waals surface area contributed by atoms with Crippen LogP contribution >= 0.6 is 0 Å². The predicted octanol–water partition coefficient (Wildman–Crippen LogP) is 1.78. The van der Waals surface area contributed by atoms with Crippen molar-refractivity contribution in [2.75, 3.05) is 18.4 Å². The van der Waals surface area contributed by atoms with E-state index in [2.05, 4.69) is 5.32 Å². The molecule has 96 valence electrons. The molecule has 1 fully saturated rings. The molecule has 1 aliphatic heterocycles. The number of hydrogen-bond acceptors (Lipinski definition) is 2. The smallest absolute Gasteiger partial charge is 0.243 e. The first kappa shape index (κ1) is 12.5. The van der Waals surface area contributed by atoms with Gasteiger partial charge in [0.2, 0.25) is 11.8 Å². The van der Waals surface area contributed by atoms with Gasteiger partial charge >= 0.3 is 0 Å². The summed E-state index contributed by atoms with van der Waals surface area (Å²) in [4.78, 5) is 24.8. The van der Waals surface area contributed by atoms with Crippen LogP contribution in [0.3, 0.4) is 0 Å². The van der Waals surface area contributed by atoms with Crippen molar-refractivity contribution in [3.63, 3.8) is 0 Å². The van der Waals surface area contributed by atoms with Gasteiger partial charge in [-0.15, -0.1) is 0 Å². The molecule has 0 unspecified atom stereocenters. The van der Waals surface area contributed by atoms with Crippen LogP contribution in [0.2, 0.25) is 0 Å². The first-order valence-electron chi connectivity index (χ1n) is 5.98. The third kappa shape index (κ3) is 3.29. The predicted molar refractivity (Wildman–Crippen MR) is 65.5 cm³/mol. The molecule has 2 amide bonds. The number of carbonyl (C=O) groups excluding carboxylic acids is 2. The molecule has 4 nitrogen and oxygen atoms in total. The van der Waals surface area contributed by atoms with Crippen molar-refractivity contribution in [1.82, 2.24) is 4.90 Å². The van der Waals surface area contributed by atoms with E-state index in [4.69, 9.17) is 0 Å². The van der Waals surface area contributed by atoms with E-state index in [0.29, 0.717) is 18.7 Å². The highest BCUT2D eigenvalue weighted by Gasteiger charge is 2.20. The van der Waals surface area contributed by atoms with Gasteiger partial charge in [-0.2, -0.15) is 0 Å². The van der Waals surface area contributed by atoms with Crippen molar-refractivity contribution >= 4 is 17.5 Å². The molecular weight excluding hydrogens is 235 g/mol. The average Bonchev–Trinajstić information content (AvgIpc) is 2.35. The molecule has 1 saturated heterocycles. The first-order valence-corrected chi connectivity index (χ1v) is 5.98. The number of nitrogens with zero attached hydrogens (tertiary/aromatic N) is 1. The fourth-order valence-corrected chi connectivity index (χ4v) is 1.94. The summed E-state index contributed by atoms with van der Waals surface area (Å²) in [5.74, 6) is -0.577. The fourth-order valence-electron chi connectivity index (χ4n) is 1.94. The molecule has 0 atom stereocenters. The number of carbonyl (C=O) groups is 2. The summed E-state index contributed by atoms with van der Waals surface area (Å²) in [5.41, 5.74) is 0.533. The van der Waals surface area contributed by atoms with Crippen molar-refractivity contribution < 1.29 is 14.0 Å². The van der Waals surface area contributed by atoms with E-state index in [0.717, 1.165) is 12.8 Å². The fraction of sp³-hybridized carbons (Fsp3) is 0.385. The number of piperidine rings is 1. The van der Waals surface area contributed by atoms with Crippen LogP contribution in [0, 0.1) is 5.82 Å². The molecule has 0 radical (unpaired) electrons. The topological polar surface area (TPSA) is 49.4 Å². The Morgan fingerprint density at radius 2 is 2.00 bits per heavy atom.